The number of rotatable bonds is 5. The second-order valence-corrected chi connectivity index (χ2v) is 7.78. The van der Waals surface area contributed by atoms with E-state index in [1.165, 1.54) is 11.0 Å². The predicted molar refractivity (Wildman–Crippen MR) is 116 cm³/mol. The number of hydrogen-bond donors (Lipinski definition) is 1. The van der Waals surface area contributed by atoms with Gasteiger partial charge in [-0.2, -0.15) is 0 Å². The number of nitrogens with one attached hydrogen (secondary N) is 1. The first-order valence-electron chi connectivity index (χ1n) is 10.5. The van der Waals surface area contributed by atoms with Gasteiger partial charge in [0, 0.05) is 39.1 Å². The number of carbonyl (C=O) groups excluding carboxylic acids is 2. The van der Waals surface area contributed by atoms with Gasteiger partial charge in [0.1, 0.15) is 5.82 Å². The van der Waals surface area contributed by atoms with E-state index >= 15 is 0 Å². The maximum atomic E-state index is 14.1. The summed E-state index contributed by atoms with van der Waals surface area (Å²) < 4.78 is 14.1. The second-order valence-electron chi connectivity index (χ2n) is 7.78. The fourth-order valence-electron chi connectivity index (χ4n) is 4.18. The number of carbonyl (C=O) groups is 2. The molecular formula is C23H27FN4O2. The molecule has 1 N–H and O–H groups in total. The van der Waals surface area contributed by atoms with Crippen LogP contribution >= 0.6 is 0 Å². The molecule has 0 bridgehead atoms. The molecule has 0 spiro atoms. The topological polar surface area (TPSA) is 55.9 Å². The molecule has 1 atom stereocenters. The predicted octanol–water partition coefficient (Wildman–Crippen LogP) is 2.96. The summed E-state index contributed by atoms with van der Waals surface area (Å²) in [5, 5.41) is 3.02. The van der Waals surface area contributed by atoms with Gasteiger partial charge >= 0.3 is 0 Å². The van der Waals surface area contributed by atoms with Gasteiger partial charge in [0.2, 0.25) is 11.8 Å². The number of amides is 2. The zero-order valence-corrected chi connectivity index (χ0v) is 17.2. The molecule has 0 radical (unpaired) electrons. The van der Waals surface area contributed by atoms with Crippen LogP contribution in [0.3, 0.4) is 0 Å². The van der Waals surface area contributed by atoms with E-state index in [0.29, 0.717) is 0 Å². The Labute approximate surface area is 176 Å². The van der Waals surface area contributed by atoms with Crippen LogP contribution in [-0.4, -0.2) is 56.0 Å². The summed E-state index contributed by atoms with van der Waals surface area (Å²) in [5.41, 5.74) is 1.98. The molecule has 30 heavy (non-hydrogen) atoms. The Bertz CT molecular complexity index is 927. The summed E-state index contributed by atoms with van der Waals surface area (Å²) in [4.78, 5) is 31.4. The van der Waals surface area contributed by atoms with Gasteiger partial charge in [-0.25, -0.2) is 4.39 Å². The molecule has 2 aliphatic heterocycles. The summed E-state index contributed by atoms with van der Waals surface area (Å²) in [6.45, 7) is 7.19. The average Bonchev–Trinajstić information content (AvgIpc) is 3.16. The lowest BCUT2D eigenvalue weighted by atomic mass is 10.1. The zero-order chi connectivity index (χ0) is 21.1. The number of piperazine rings is 1. The van der Waals surface area contributed by atoms with E-state index in [9.17, 15) is 14.0 Å². The van der Waals surface area contributed by atoms with Crippen LogP contribution in [0.25, 0.3) is 0 Å². The molecule has 1 unspecified atom stereocenters. The molecule has 2 amide bonds. The Kier molecular flexibility index (Phi) is 5.99. The van der Waals surface area contributed by atoms with Gasteiger partial charge in [0.05, 0.1) is 23.0 Å². The smallest absolute Gasteiger partial charge is 0.229 e. The second kappa shape index (κ2) is 8.83. The highest BCUT2D eigenvalue weighted by molar-refractivity contribution is 6.04. The van der Waals surface area contributed by atoms with E-state index in [1.54, 1.807) is 18.2 Å². The van der Waals surface area contributed by atoms with Crippen molar-refractivity contribution in [2.75, 3.05) is 54.4 Å². The van der Waals surface area contributed by atoms with Crippen LogP contribution in [0.1, 0.15) is 13.3 Å². The maximum absolute atomic E-state index is 14.1. The Morgan fingerprint density at radius 1 is 1.03 bits per heavy atom. The van der Waals surface area contributed by atoms with Gasteiger partial charge in [-0.15, -0.1) is 0 Å². The van der Waals surface area contributed by atoms with Crippen molar-refractivity contribution in [1.29, 1.82) is 0 Å². The SMILES string of the molecule is CCN1CCN(c2ccccc2NC(=O)C2CC(=O)N(c3ccccc3F)C2)CC1. The van der Waals surface area contributed by atoms with E-state index in [1.807, 2.05) is 24.3 Å². The summed E-state index contributed by atoms with van der Waals surface area (Å²) in [7, 11) is 0. The zero-order valence-electron chi connectivity index (χ0n) is 17.2. The summed E-state index contributed by atoms with van der Waals surface area (Å²) in [6.07, 6.45) is 0.0809. The number of anilines is 3. The van der Waals surface area contributed by atoms with Crippen LogP contribution in [0.15, 0.2) is 48.5 Å². The van der Waals surface area contributed by atoms with E-state index < -0.39 is 11.7 Å². The normalized spacial score (nSPS) is 19.9. The molecule has 2 fully saturated rings. The largest absolute Gasteiger partial charge is 0.367 e. The van der Waals surface area contributed by atoms with Crippen molar-refractivity contribution < 1.29 is 14.0 Å². The molecule has 4 rings (SSSR count). The van der Waals surface area contributed by atoms with E-state index in [-0.39, 0.29) is 30.5 Å². The number of benzene rings is 2. The van der Waals surface area contributed by atoms with Crippen LogP contribution in [0.4, 0.5) is 21.5 Å². The minimum atomic E-state index is -0.512. The van der Waals surface area contributed by atoms with Gasteiger partial charge in [-0.1, -0.05) is 31.2 Å². The summed E-state index contributed by atoms with van der Waals surface area (Å²) in [6, 6.07) is 13.9. The van der Waals surface area contributed by atoms with Crippen molar-refractivity contribution >= 4 is 28.9 Å². The van der Waals surface area contributed by atoms with Gasteiger partial charge in [-0.05, 0) is 30.8 Å². The molecule has 0 aromatic heterocycles. The molecule has 0 aliphatic carbocycles. The van der Waals surface area contributed by atoms with Crippen LogP contribution in [0, 0.1) is 11.7 Å². The third-order valence-electron chi connectivity index (χ3n) is 5.96. The molecule has 2 saturated heterocycles. The highest BCUT2D eigenvalue weighted by Crippen LogP contribution is 2.30. The maximum Gasteiger partial charge on any atom is 0.229 e. The third-order valence-corrected chi connectivity index (χ3v) is 5.96. The van der Waals surface area contributed by atoms with E-state index in [2.05, 4.69) is 22.0 Å². The van der Waals surface area contributed by atoms with Crippen molar-refractivity contribution in [2.24, 2.45) is 5.92 Å². The lowest BCUT2D eigenvalue weighted by Crippen LogP contribution is -2.46. The third kappa shape index (κ3) is 4.16. The molecule has 0 saturated carbocycles. The van der Waals surface area contributed by atoms with Crippen LogP contribution < -0.4 is 15.1 Å². The standard InChI is InChI=1S/C23H27FN4O2/c1-2-26-11-13-27(14-12-26)21-10-6-4-8-19(21)25-23(30)17-15-22(29)28(16-17)20-9-5-3-7-18(20)24/h3-10,17H,2,11-16H2,1H3,(H,25,30). The molecule has 2 aromatic carbocycles. The van der Waals surface area contributed by atoms with Crippen molar-refractivity contribution in [1.82, 2.24) is 4.90 Å². The lowest BCUT2D eigenvalue weighted by Gasteiger charge is -2.36. The first-order valence-corrected chi connectivity index (χ1v) is 10.5. The number of nitrogens with zero attached hydrogens (tertiary/aromatic N) is 3. The number of likely N-dealkylation sites (N-methyl/N-ethyl adjacent to an activating group) is 1. The number of para-hydroxylation sites is 3. The fraction of sp³-hybridized carbons (Fsp3) is 0.391. The number of halogens is 1. The highest BCUT2D eigenvalue weighted by Gasteiger charge is 2.36. The summed E-state index contributed by atoms with van der Waals surface area (Å²) in [5.74, 6) is -1.41. The Hall–Kier alpha value is -2.93. The minimum absolute atomic E-state index is 0.0809. The van der Waals surface area contributed by atoms with Crippen LogP contribution in [0.5, 0.6) is 0 Å². The van der Waals surface area contributed by atoms with E-state index in [0.717, 1.165) is 44.1 Å². The van der Waals surface area contributed by atoms with Gasteiger partial charge in [0.15, 0.2) is 0 Å². The van der Waals surface area contributed by atoms with Gasteiger partial charge in [-0.3, -0.25) is 9.59 Å². The monoisotopic (exact) mass is 410 g/mol. The molecule has 2 heterocycles. The molecule has 2 aromatic rings. The first kappa shape index (κ1) is 20.3. The van der Waals surface area contributed by atoms with Crippen molar-refractivity contribution in [3.63, 3.8) is 0 Å². The van der Waals surface area contributed by atoms with E-state index in [4.69, 9.17) is 0 Å². The fourth-order valence-corrected chi connectivity index (χ4v) is 4.18. The average molecular weight is 410 g/mol. The minimum Gasteiger partial charge on any atom is -0.367 e. The molecular weight excluding hydrogens is 383 g/mol. The Morgan fingerprint density at radius 2 is 1.70 bits per heavy atom. The highest BCUT2D eigenvalue weighted by atomic mass is 19.1. The van der Waals surface area contributed by atoms with Gasteiger partial charge in [0.25, 0.3) is 0 Å². The Morgan fingerprint density at radius 3 is 2.40 bits per heavy atom. The van der Waals surface area contributed by atoms with Gasteiger partial charge < -0.3 is 20.0 Å². The quantitative estimate of drug-likeness (QED) is 0.824. The van der Waals surface area contributed by atoms with Crippen LogP contribution in [-0.2, 0) is 9.59 Å². The molecule has 158 valence electrons. The number of hydrogen-bond acceptors (Lipinski definition) is 4. The Balaban J connectivity index is 1.45. The van der Waals surface area contributed by atoms with Crippen molar-refractivity contribution in [3.05, 3.63) is 54.3 Å². The molecule has 2 aliphatic rings. The van der Waals surface area contributed by atoms with Crippen molar-refractivity contribution in [2.45, 2.75) is 13.3 Å². The molecule has 7 heteroatoms. The lowest BCUT2D eigenvalue weighted by molar-refractivity contribution is -0.122. The first-order chi connectivity index (χ1) is 14.6. The van der Waals surface area contributed by atoms with Crippen molar-refractivity contribution in [3.8, 4) is 0 Å². The summed E-state index contributed by atoms with van der Waals surface area (Å²) >= 11 is 0. The van der Waals surface area contributed by atoms with Crippen LogP contribution in [0.2, 0.25) is 0 Å². The molecule has 6 nitrogen and oxygen atoms in total.